The van der Waals surface area contributed by atoms with Crippen LogP contribution in [0.4, 0.5) is 8.78 Å². The number of morpholine rings is 1. The van der Waals surface area contributed by atoms with E-state index in [4.69, 9.17) is 4.74 Å². The quantitative estimate of drug-likeness (QED) is 0.495. The molecule has 0 spiro atoms. The highest BCUT2D eigenvalue weighted by Gasteiger charge is 2.38. The molecule has 8 nitrogen and oxygen atoms in total. The molecule has 0 radical (unpaired) electrons. The first-order chi connectivity index (χ1) is 16.9. The Kier molecular flexibility index (Phi) is 8.04. The summed E-state index contributed by atoms with van der Waals surface area (Å²) < 4.78 is 31.6. The van der Waals surface area contributed by atoms with E-state index in [1.807, 2.05) is 0 Å². The molecule has 1 heterocycles. The maximum Gasteiger partial charge on any atom is 0.251 e. The average molecular weight is 487 g/mol. The van der Waals surface area contributed by atoms with Gasteiger partial charge in [0.15, 0.2) is 0 Å². The van der Waals surface area contributed by atoms with Gasteiger partial charge in [0.05, 0.1) is 19.8 Å². The number of ether oxygens (including phenoxy) is 1. The molecule has 0 unspecified atom stereocenters. The topological polar surface area (TPSA) is 99.8 Å². The van der Waals surface area contributed by atoms with Gasteiger partial charge in [0, 0.05) is 37.2 Å². The van der Waals surface area contributed by atoms with Crippen molar-refractivity contribution < 1.29 is 27.9 Å². The number of hydrogen-bond acceptors (Lipinski definition) is 5. The highest BCUT2D eigenvalue weighted by Crippen LogP contribution is 2.40. The maximum atomic E-state index is 13.2. The van der Waals surface area contributed by atoms with Crippen molar-refractivity contribution in [2.75, 3.05) is 39.4 Å². The van der Waals surface area contributed by atoms with Crippen LogP contribution in [0.5, 0.6) is 0 Å². The number of rotatable bonds is 9. The standard InChI is InChI=1S/C25H28F2N4O4/c26-18-5-1-16(2-6-18)20-13-21(20)28-15-23(32)29-14-22(25(34)31-9-11-35-12-10-31)30-24(33)17-3-7-19(27)8-4-17/h1-8,20-22,28H,9-15H2,(H,29,32)(H,30,33)/t20-,21+,22-/m0/s1. The lowest BCUT2D eigenvalue weighted by molar-refractivity contribution is -0.137. The number of nitrogens with zero attached hydrogens (tertiary/aromatic N) is 1. The zero-order chi connectivity index (χ0) is 24.8. The fourth-order valence-corrected chi connectivity index (χ4v) is 4.05. The lowest BCUT2D eigenvalue weighted by Crippen LogP contribution is -2.56. The van der Waals surface area contributed by atoms with Crippen LogP contribution in [0.1, 0.15) is 28.3 Å². The van der Waals surface area contributed by atoms with Gasteiger partial charge < -0.3 is 25.6 Å². The molecule has 0 aromatic heterocycles. The highest BCUT2D eigenvalue weighted by atomic mass is 19.1. The van der Waals surface area contributed by atoms with Crippen LogP contribution >= 0.6 is 0 Å². The molecular formula is C25H28F2N4O4. The normalized spacial score (nSPS) is 20.1. The van der Waals surface area contributed by atoms with Gasteiger partial charge in [0.2, 0.25) is 11.8 Å². The molecule has 10 heteroatoms. The molecule has 2 fully saturated rings. The number of benzene rings is 2. The molecule has 0 bridgehead atoms. The molecule has 3 N–H and O–H groups in total. The molecule has 1 aliphatic heterocycles. The minimum absolute atomic E-state index is 0.0483. The second-order valence-electron chi connectivity index (χ2n) is 8.66. The molecule has 2 aliphatic rings. The Morgan fingerprint density at radius 1 is 0.971 bits per heavy atom. The zero-order valence-electron chi connectivity index (χ0n) is 19.1. The Morgan fingerprint density at radius 2 is 1.60 bits per heavy atom. The third kappa shape index (κ3) is 6.83. The van der Waals surface area contributed by atoms with Crippen molar-refractivity contribution in [3.8, 4) is 0 Å². The SMILES string of the molecule is O=C(CN[C@@H]1C[C@H]1c1ccc(F)cc1)NC[C@H](NC(=O)c1ccc(F)cc1)C(=O)N1CCOCC1. The summed E-state index contributed by atoms with van der Waals surface area (Å²) in [6, 6.07) is 10.5. The predicted octanol–water partition coefficient (Wildman–Crippen LogP) is 1.18. The van der Waals surface area contributed by atoms with E-state index in [2.05, 4.69) is 16.0 Å². The Morgan fingerprint density at radius 3 is 2.26 bits per heavy atom. The van der Waals surface area contributed by atoms with Crippen molar-refractivity contribution in [2.24, 2.45) is 0 Å². The monoisotopic (exact) mass is 486 g/mol. The van der Waals surface area contributed by atoms with Crippen molar-refractivity contribution in [1.29, 1.82) is 0 Å². The molecule has 4 rings (SSSR count). The lowest BCUT2D eigenvalue weighted by atomic mass is 10.1. The summed E-state index contributed by atoms with van der Waals surface area (Å²) in [5, 5.41) is 8.53. The fraction of sp³-hybridized carbons (Fsp3) is 0.400. The Balaban J connectivity index is 1.29. The van der Waals surface area contributed by atoms with Crippen molar-refractivity contribution in [3.63, 3.8) is 0 Å². The van der Waals surface area contributed by atoms with Crippen LogP contribution in [0, 0.1) is 11.6 Å². The summed E-state index contributed by atoms with van der Waals surface area (Å²) in [7, 11) is 0. The van der Waals surface area contributed by atoms with Crippen molar-refractivity contribution in [3.05, 3.63) is 71.3 Å². The number of carbonyl (C=O) groups is 3. The van der Waals surface area contributed by atoms with E-state index < -0.39 is 17.8 Å². The predicted molar refractivity (Wildman–Crippen MR) is 124 cm³/mol. The van der Waals surface area contributed by atoms with E-state index in [1.165, 1.54) is 24.3 Å². The van der Waals surface area contributed by atoms with Crippen molar-refractivity contribution in [1.82, 2.24) is 20.9 Å². The zero-order valence-corrected chi connectivity index (χ0v) is 19.1. The number of hydrogen-bond donors (Lipinski definition) is 3. The molecule has 186 valence electrons. The first kappa shape index (κ1) is 24.7. The fourth-order valence-electron chi connectivity index (χ4n) is 4.05. The Hall–Kier alpha value is -3.37. The van der Waals surface area contributed by atoms with E-state index in [9.17, 15) is 23.2 Å². The second kappa shape index (κ2) is 11.4. The van der Waals surface area contributed by atoms with Gasteiger partial charge in [0.25, 0.3) is 5.91 Å². The average Bonchev–Trinajstić information content (AvgIpc) is 3.66. The van der Waals surface area contributed by atoms with Gasteiger partial charge in [-0.3, -0.25) is 14.4 Å². The first-order valence-electron chi connectivity index (χ1n) is 11.6. The number of carbonyl (C=O) groups excluding carboxylic acids is 3. The van der Waals surface area contributed by atoms with Gasteiger partial charge in [0.1, 0.15) is 17.7 Å². The van der Waals surface area contributed by atoms with E-state index >= 15 is 0 Å². The van der Waals surface area contributed by atoms with Crippen LogP contribution in [0.25, 0.3) is 0 Å². The summed E-state index contributed by atoms with van der Waals surface area (Å²) in [4.78, 5) is 39.7. The van der Waals surface area contributed by atoms with Crippen molar-refractivity contribution >= 4 is 17.7 Å². The largest absolute Gasteiger partial charge is 0.378 e. The highest BCUT2D eigenvalue weighted by molar-refractivity contribution is 5.97. The van der Waals surface area contributed by atoms with Gasteiger partial charge in [-0.05, 0) is 48.4 Å². The molecule has 3 amide bonds. The Bertz CT molecular complexity index is 1040. The number of amides is 3. The minimum Gasteiger partial charge on any atom is -0.378 e. The Labute approximate surface area is 202 Å². The third-order valence-corrected chi connectivity index (χ3v) is 6.15. The molecule has 1 saturated heterocycles. The van der Waals surface area contributed by atoms with E-state index in [0.717, 1.165) is 24.1 Å². The summed E-state index contributed by atoms with van der Waals surface area (Å²) in [5.74, 6) is -1.70. The van der Waals surface area contributed by atoms with E-state index in [1.54, 1.807) is 17.0 Å². The number of halogens is 2. The van der Waals surface area contributed by atoms with E-state index in [-0.39, 0.29) is 48.2 Å². The van der Waals surface area contributed by atoms with Crippen LogP contribution in [-0.2, 0) is 14.3 Å². The second-order valence-corrected chi connectivity index (χ2v) is 8.66. The van der Waals surface area contributed by atoms with Gasteiger partial charge in [-0.2, -0.15) is 0 Å². The van der Waals surface area contributed by atoms with Crippen LogP contribution in [0.2, 0.25) is 0 Å². The third-order valence-electron chi connectivity index (χ3n) is 6.15. The summed E-state index contributed by atoms with van der Waals surface area (Å²) in [6.07, 6.45) is 0.852. The molecule has 2 aromatic rings. The molecule has 1 saturated carbocycles. The lowest BCUT2D eigenvalue weighted by Gasteiger charge is -2.30. The molecular weight excluding hydrogens is 458 g/mol. The van der Waals surface area contributed by atoms with E-state index in [0.29, 0.717) is 26.3 Å². The van der Waals surface area contributed by atoms with Crippen LogP contribution < -0.4 is 16.0 Å². The summed E-state index contributed by atoms with van der Waals surface area (Å²) in [6.45, 7) is 1.55. The van der Waals surface area contributed by atoms with Crippen LogP contribution in [0.15, 0.2) is 48.5 Å². The van der Waals surface area contributed by atoms with Crippen LogP contribution in [-0.4, -0.2) is 74.1 Å². The van der Waals surface area contributed by atoms with Gasteiger partial charge in [-0.25, -0.2) is 8.78 Å². The maximum absolute atomic E-state index is 13.2. The first-order valence-corrected chi connectivity index (χ1v) is 11.6. The molecule has 35 heavy (non-hydrogen) atoms. The molecule has 2 aromatic carbocycles. The van der Waals surface area contributed by atoms with Gasteiger partial charge in [-0.1, -0.05) is 12.1 Å². The smallest absolute Gasteiger partial charge is 0.251 e. The van der Waals surface area contributed by atoms with Gasteiger partial charge in [-0.15, -0.1) is 0 Å². The number of nitrogens with one attached hydrogen (secondary N) is 3. The molecule has 3 atom stereocenters. The summed E-state index contributed by atoms with van der Waals surface area (Å²) >= 11 is 0. The van der Waals surface area contributed by atoms with Crippen LogP contribution in [0.3, 0.4) is 0 Å². The summed E-state index contributed by atoms with van der Waals surface area (Å²) in [5.41, 5.74) is 1.23. The molecule has 1 aliphatic carbocycles. The van der Waals surface area contributed by atoms with Crippen molar-refractivity contribution in [2.45, 2.75) is 24.4 Å². The minimum atomic E-state index is -0.984. The van der Waals surface area contributed by atoms with Gasteiger partial charge >= 0.3 is 0 Å².